The minimum absolute atomic E-state index is 0.102. The fourth-order valence-corrected chi connectivity index (χ4v) is 2.13. The molecule has 0 spiro atoms. The van der Waals surface area contributed by atoms with Crippen molar-refractivity contribution in [3.63, 3.8) is 0 Å². The number of nitrogens with one attached hydrogen (secondary N) is 1. The Kier molecular flexibility index (Phi) is 6.78. The molecule has 0 saturated carbocycles. The molecule has 0 radical (unpaired) electrons. The van der Waals surface area contributed by atoms with Crippen LogP contribution in [0.4, 0.5) is 0 Å². The van der Waals surface area contributed by atoms with Crippen LogP contribution in [0.3, 0.4) is 0 Å². The zero-order chi connectivity index (χ0) is 13.4. The Bertz CT molecular complexity index is 367. The highest BCUT2D eigenvalue weighted by molar-refractivity contribution is 7.99. The van der Waals surface area contributed by atoms with Gasteiger partial charge in [0.25, 0.3) is 0 Å². The standard InChI is InChI=1S/C13H19NO3S/c1-10-2-4-12(5-3-10)18-7-6-13(17)14-8-11(16)9-15/h2-5,11,15-16H,6-9H2,1H3,(H,14,17). The Balaban J connectivity index is 2.17. The number of amides is 1. The molecule has 1 unspecified atom stereocenters. The number of carbonyl (C=O) groups excluding carboxylic acids is 1. The molecule has 0 aliphatic carbocycles. The molecule has 4 nitrogen and oxygen atoms in total. The molecule has 1 aromatic rings. The predicted molar refractivity (Wildman–Crippen MR) is 72.6 cm³/mol. The van der Waals surface area contributed by atoms with Gasteiger partial charge in [0.15, 0.2) is 0 Å². The van der Waals surface area contributed by atoms with Gasteiger partial charge in [0.05, 0.1) is 12.7 Å². The number of hydrogen-bond acceptors (Lipinski definition) is 4. The van der Waals surface area contributed by atoms with Crippen LogP contribution in [0, 0.1) is 6.92 Å². The number of rotatable bonds is 7. The molecule has 5 heteroatoms. The largest absolute Gasteiger partial charge is 0.394 e. The lowest BCUT2D eigenvalue weighted by Gasteiger charge is -2.08. The summed E-state index contributed by atoms with van der Waals surface area (Å²) in [5.41, 5.74) is 1.22. The van der Waals surface area contributed by atoms with E-state index in [2.05, 4.69) is 5.32 Å². The topological polar surface area (TPSA) is 69.6 Å². The molecule has 1 rings (SSSR count). The van der Waals surface area contributed by atoms with Gasteiger partial charge >= 0.3 is 0 Å². The van der Waals surface area contributed by atoms with Gasteiger partial charge in [-0.3, -0.25) is 4.79 Å². The zero-order valence-corrected chi connectivity index (χ0v) is 11.2. The Hall–Kier alpha value is -1.04. The third kappa shape index (κ3) is 6.05. The van der Waals surface area contributed by atoms with Gasteiger partial charge in [0, 0.05) is 23.6 Å². The van der Waals surface area contributed by atoms with E-state index in [1.807, 2.05) is 31.2 Å². The number of aliphatic hydroxyl groups excluding tert-OH is 2. The molecular weight excluding hydrogens is 250 g/mol. The van der Waals surface area contributed by atoms with Crippen LogP contribution in [0.15, 0.2) is 29.2 Å². The van der Waals surface area contributed by atoms with Crippen molar-refractivity contribution in [2.75, 3.05) is 18.9 Å². The highest BCUT2D eigenvalue weighted by atomic mass is 32.2. The van der Waals surface area contributed by atoms with Crippen molar-refractivity contribution in [1.29, 1.82) is 0 Å². The van der Waals surface area contributed by atoms with Crippen molar-refractivity contribution in [3.05, 3.63) is 29.8 Å². The van der Waals surface area contributed by atoms with E-state index in [-0.39, 0.29) is 19.1 Å². The maximum atomic E-state index is 11.4. The van der Waals surface area contributed by atoms with E-state index in [9.17, 15) is 4.79 Å². The van der Waals surface area contributed by atoms with Crippen molar-refractivity contribution in [3.8, 4) is 0 Å². The van der Waals surface area contributed by atoms with Gasteiger partial charge in [-0.05, 0) is 19.1 Å². The van der Waals surface area contributed by atoms with E-state index in [4.69, 9.17) is 10.2 Å². The van der Waals surface area contributed by atoms with Crippen molar-refractivity contribution >= 4 is 17.7 Å². The van der Waals surface area contributed by atoms with Crippen LogP contribution in [0.2, 0.25) is 0 Å². The number of aryl methyl sites for hydroxylation is 1. The lowest BCUT2D eigenvalue weighted by molar-refractivity contribution is -0.121. The summed E-state index contributed by atoms with van der Waals surface area (Å²) in [6.45, 7) is 1.80. The van der Waals surface area contributed by atoms with Crippen LogP contribution in [-0.4, -0.2) is 41.1 Å². The molecule has 3 N–H and O–H groups in total. The van der Waals surface area contributed by atoms with Crippen molar-refractivity contribution in [1.82, 2.24) is 5.32 Å². The highest BCUT2D eigenvalue weighted by Crippen LogP contribution is 2.18. The molecule has 1 aromatic carbocycles. The van der Waals surface area contributed by atoms with E-state index >= 15 is 0 Å². The molecule has 100 valence electrons. The van der Waals surface area contributed by atoms with Gasteiger partial charge in [-0.1, -0.05) is 17.7 Å². The molecule has 0 saturated heterocycles. The van der Waals surface area contributed by atoms with E-state index in [0.717, 1.165) is 4.90 Å². The summed E-state index contributed by atoms with van der Waals surface area (Å²) in [6, 6.07) is 8.15. The Morgan fingerprint density at radius 3 is 2.67 bits per heavy atom. The second-order valence-electron chi connectivity index (χ2n) is 4.05. The summed E-state index contributed by atoms with van der Waals surface area (Å²) in [5, 5.41) is 20.2. The first-order valence-electron chi connectivity index (χ1n) is 5.87. The maximum absolute atomic E-state index is 11.4. The van der Waals surface area contributed by atoms with Crippen LogP contribution < -0.4 is 5.32 Å². The molecule has 0 aliphatic heterocycles. The van der Waals surface area contributed by atoms with E-state index in [0.29, 0.717) is 12.2 Å². The second kappa shape index (κ2) is 8.13. The van der Waals surface area contributed by atoms with Crippen LogP contribution in [0.1, 0.15) is 12.0 Å². The summed E-state index contributed by atoms with van der Waals surface area (Å²) in [6.07, 6.45) is -0.477. The molecule has 18 heavy (non-hydrogen) atoms. The maximum Gasteiger partial charge on any atom is 0.220 e. The first-order valence-corrected chi connectivity index (χ1v) is 6.85. The molecule has 0 fully saturated rings. The fourth-order valence-electron chi connectivity index (χ4n) is 1.28. The first-order chi connectivity index (χ1) is 8.61. The summed E-state index contributed by atoms with van der Waals surface area (Å²) in [4.78, 5) is 12.5. The molecule has 0 heterocycles. The van der Waals surface area contributed by atoms with E-state index < -0.39 is 6.10 Å². The van der Waals surface area contributed by atoms with E-state index in [1.54, 1.807) is 11.8 Å². The number of hydrogen-bond donors (Lipinski definition) is 3. The summed E-state index contributed by atoms with van der Waals surface area (Å²) in [7, 11) is 0. The lowest BCUT2D eigenvalue weighted by atomic mass is 10.2. The molecule has 0 aromatic heterocycles. The zero-order valence-electron chi connectivity index (χ0n) is 10.4. The van der Waals surface area contributed by atoms with Crippen LogP contribution in [0.25, 0.3) is 0 Å². The number of aliphatic hydroxyl groups is 2. The van der Waals surface area contributed by atoms with Crippen LogP contribution >= 0.6 is 11.8 Å². The Morgan fingerprint density at radius 1 is 1.39 bits per heavy atom. The molecule has 1 atom stereocenters. The first kappa shape index (κ1) is 15.0. The minimum atomic E-state index is -0.876. The van der Waals surface area contributed by atoms with Crippen molar-refractivity contribution in [2.45, 2.75) is 24.3 Å². The predicted octanol–water partition coefficient (Wildman–Crippen LogP) is 0.947. The average molecular weight is 269 g/mol. The molecule has 0 bridgehead atoms. The quantitative estimate of drug-likeness (QED) is 0.645. The van der Waals surface area contributed by atoms with Gasteiger partial charge in [-0.25, -0.2) is 0 Å². The normalized spacial score (nSPS) is 12.2. The summed E-state index contributed by atoms with van der Waals surface area (Å²) in [5.74, 6) is 0.589. The average Bonchev–Trinajstić information content (AvgIpc) is 2.38. The van der Waals surface area contributed by atoms with Crippen LogP contribution in [-0.2, 0) is 4.79 Å². The van der Waals surface area contributed by atoms with Gasteiger partial charge < -0.3 is 15.5 Å². The number of carbonyl (C=O) groups is 1. The molecule has 1 amide bonds. The van der Waals surface area contributed by atoms with Crippen molar-refractivity contribution < 1.29 is 15.0 Å². The lowest BCUT2D eigenvalue weighted by Crippen LogP contribution is -2.33. The fraction of sp³-hybridized carbons (Fsp3) is 0.462. The summed E-state index contributed by atoms with van der Waals surface area (Å²) >= 11 is 1.62. The smallest absolute Gasteiger partial charge is 0.220 e. The van der Waals surface area contributed by atoms with Gasteiger partial charge in [-0.2, -0.15) is 0 Å². The number of benzene rings is 1. The van der Waals surface area contributed by atoms with E-state index in [1.165, 1.54) is 5.56 Å². The van der Waals surface area contributed by atoms with Crippen LogP contribution in [0.5, 0.6) is 0 Å². The third-order valence-electron chi connectivity index (χ3n) is 2.36. The Morgan fingerprint density at radius 2 is 2.06 bits per heavy atom. The van der Waals surface area contributed by atoms with Crippen molar-refractivity contribution in [2.24, 2.45) is 0 Å². The SMILES string of the molecule is Cc1ccc(SCCC(=O)NCC(O)CO)cc1. The molecular formula is C13H19NO3S. The summed E-state index contributed by atoms with van der Waals surface area (Å²) < 4.78 is 0. The Labute approximate surface area is 111 Å². The minimum Gasteiger partial charge on any atom is -0.394 e. The highest BCUT2D eigenvalue weighted by Gasteiger charge is 2.05. The third-order valence-corrected chi connectivity index (χ3v) is 3.38. The van der Waals surface area contributed by atoms with Gasteiger partial charge in [-0.15, -0.1) is 11.8 Å². The van der Waals surface area contributed by atoms with Gasteiger partial charge in [0.1, 0.15) is 0 Å². The monoisotopic (exact) mass is 269 g/mol. The second-order valence-corrected chi connectivity index (χ2v) is 5.22. The van der Waals surface area contributed by atoms with Gasteiger partial charge in [0.2, 0.25) is 5.91 Å². The number of thioether (sulfide) groups is 1. The molecule has 0 aliphatic rings.